The number of benzene rings is 2. The van der Waals surface area contributed by atoms with Crippen LogP contribution in [0.25, 0.3) is 11.1 Å². The fourth-order valence-electron chi connectivity index (χ4n) is 3.07. The molecule has 8 heteroatoms. The summed E-state index contributed by atoms with van der Waals surface area (Å²) in [6.45, 7) is 4.14. The predicted octanol–water partition coefficient (Wildman–Crippen LogP) is 4.25. The SMILES string of the molecule is COc1cc(OC)cc(-c2cc(Oc3cnc(N)nc3N)c(C(C)C)cc2OC)c1. The zero-order chi connectivity index (χ0) is 21.8. The van der Waals surface area contributed by atoms with Crippen LogP contribution in [0.15, 0.2) is 36.5 Å². The molecule has 3 rings (SSSR count). The quantitative estimate of drug-likeness (QED) is 0.594. The molecule has 158 valence electrons. The standard InChI is InChI=1S/C22H26N4O4/c1-12(2)16-9-18(29-5)17(13-6-14(27-3)8-15(7-13)28-4)10-19(16)30-20-11-25-22(24)26-21(20)23/h6-12H,1-5H3,(H4,23,24,25,26). The van der Waals surface area contributed by atoms with Crippen LogP contribution in [0.2, 0.25) is 0 Å². The second-order valence-corrected chi connectivity index (χ2v) is 6.93. The lowest BCUT2D eigenvalue weighted by Gasteiger charge is -2.19. The Morgan fingerprint density at radius 1 is 0.800 bits per heavy atom. The molecular weight excluding hydrogens is 384 g/mol. The van der Waals surface area contributed by atoms with Crippen LogP contribution in [0.4, 0.5) is 11.8 Å². The Labute approximate surface area is 175 Å². The summed E-state index contributed by atoms with van der Waals surface area (Å²) in [7, 11) is 4.85. The first-order chi connectivity index (χ1) is 14.4. The molecular formula is C22H26N4O4. The van der Waals surface area contributed by atoms with Gasteiger partial charge in [-0.1, -0.05) is 13.8 Å². The van der Waals surface area contributed by atoms with Crippen molar-refractivity contribution in [2.24, 2.45) is 0 Å². The molecule has 0 amide bonds. The van der Waals surface area contributed by atoms with E-state index in [4.69, 9.17) is 30.4 Å². The van der Waals surface area contributed by atoms with E-state index in [0.29, 0.717) is 28.7 Å². The van der Waals surface area contributed by atoms with Crippen LogP contribution in [0.1, 0.15) is 25.3 Å². The fourth-order valence-corrected chi connectivity index (χ4v) is 3.07. The number of rotatable bonds is 7. The molecule has 0 aliphatic heterocycles. The number of hydrogen-bond donors (Lipinski definition) is 2. The number of methoxy groups -OCH3 is 3. The van der Waals surface area contributed by atoms with Gasteiger partial charge in [-0.25, -0.2) is 4.98 Å². The highest BCUT2D eigenvalue weighted by molar-refractivity contribution is 5.76. The zero-order valence-electron chi connectivity index (χ0n) is 17.7. The van der Waals surface area contributed by atoms with Gasteiger partial charge < -0.3 is 30.4 Å². The Bertz CT molecular complexity index is 1030. The maximum absolute atomic E-state index is 6.11. The van der Waals surface area contributed by atoms with Gasteiger partial charge in [0, 0.05) is 17.2 Å². The molecule has 2 aromatic carbocycles. The minimum absolute atomic E-state index is 0.0860. The Kier molecular flexibility index (Phi) is 6.15. The molecule has 3 aromatic rings. The van der Waals surface area contributed by atoms with Gasteiger partial charge in [0.2, 0.25) is 5.95 Å². The van der Waals surface area contributed by atoms with Crippen LogP contribution in [-0.2, 0) is 0 Å². The number of ether oxygens (including phenoxy) is 4. The molecule has 30 heavy (non-hydrogen) atoms. The topological polar surface area (TPSA) is 115 Å². The summed E-state index contributed by atoms with van der Waals surface area (Å²) in [5, 5.41) is 0. The van der Waals surface area contributed by atoms with Crippen molar-refractivity contribution >= 4 is 11.8 Å². The molecule has 0 aliphatic rings. The second kappa shape index (κ2) is 8.77. The molecule has 0 fully saturated rings. The van der Waals surface area contributed by atoms with Gasteiger partial charge in [-0.05, 0) is 35.7 Å². The van der Waals surface area contributed by atoms with E-state index in [2.05, 4.69) is 23.8 Å². The van der Waals surface area contributed by atoms with Crippen molar-refractivity contribution in [2.45, 2.75) is 19.8 Å². The first kappa shape index (κ1) is 21.0. The van der Waals surface area contributed by atoms with Crippen molar-refractivity contribution in [3.05, 3.63) is 42.1 Å². The maximum atomic E-state index is 6.11. The van der Waals surface area contributed by atoms with E-state index in [-0.39, 0.29) is 17.7 Å². The second-order valence-electron chi connectivity index (χ2n) is 6.93. The number of nitrogen functional groups attached to an aromatic ring is 2. The number of nitrogens with zero attached hydrogens (tertiary/aromatic N) is 2. The summed E-state index contributed by atoms with van der Waals surface area (Å²) in [6.07, 6.45) is 1.46. The van der Waals surface area contributed by atoms with E-state index in [9.17, 15) is 0 Å². The maximum Gasteiger partial charge on any atom is 0.222 e. The van der Waals surface area contributed by atoms with Crippen LogP contribution in [0.3, 0.4) is 0 Å². The highest BCUT2D eigenvalue weighted by atomic mass is 16.5. The Morgan fingerprint density at radius 2 is 1.47 bits per heavy atom. The van der Waals surface area contributed by atoms with Crippen molar-refractivity contribution in [3.63, 3.8) is 0 Å². The van der Waals surface area contributed by atoms with Crippen molar-refractivity contribution < 1.29 is 18.9 Å². The minimum Gasteiger partial charge on any atom is -0.497 e. The lowest BCUT2D eigenvalue weighted by atomic mass is 9.96. The van der Waals surface area contributed by atoms with Crippen LogP contribution >= 0.6 is 0 Å². The Morgan fingerprint density at radius 3 is 2.00 bits per heavy atom. The molecule has 0 bridgehead atoms. The first-order valence-corrected chi connectivity index (χ1v) is 9.37. The number of hydrogen-bond acceptors (Lipinski definition) is 8. The molecule has 4 N–H and O–H groups in total. The molecule has 0 radical (unpaired) electrons. The monoisotopic (exact) mass is 410 g/mol. The lowest BCUT2D eigenvalue weighted by molar-refractivity contribution is 0.394. The molecule has 1 aromatic heterocycles. The van der Waals surface area contributed by atoms with Crippen LogP contribution < -0.4 is 30.4 Å². The van der Waals surface area contributed by atoms with Crippen molar-refractivity contribution in [3.8, 4) is 39.9 Å². The van der Waals surface area contributed by atoms with Crippen molar-refractivity contribution in [1.29, 1.82) is 0 Å². The molecule has 0 unspecified atom stereocenters. The first-order valence-electron chi connectivity index (χ1n) is 9.37. The van der Waals surface area contributed by atoms with Gasteiger partial charge in [0.25, 0.3) is 0 Å². The lowest BCUT2D eigenvalue weighted by Crippen LogP contribution is -2.03. The molecule has 0 spiro atoms. The average molecular weight is 410 g/mol. The summed E-state index contributed by atoms with van der Waals surface area (Å²) >= 11 is 0. The highest BCUT2D eigenvalue weighted by Crippen LogP contribution is 2.42. The number of anilines is 2. The van der Waals surface area contributed by atoms with E-state index in [1.165, 1.54) is 6.20 Å². The summed E-state index contributed by atoms with van der Waals surface area (Å²) in [4.78, 5) is 7.94. The molecule has 1 heterocycles. The largest absolute Gasteiger partial charge is 0.497 e. The van der Waals surface area contributed by atoms with E-state index >= 15 is 0 Å². The van der Waals surface area contributed by atoms with Crippen molar-refractivity contribution in [1.82, 2.24) is 9.97 Å². The summed E-state index contributed by atoms with van der Waals surface area (Å²) in [5.41, 5.74) is 14.2. The molecule has 0 aliphatic carbocycles. The van der Waals surface area contributed by atoms with Crippen molar-refractivity contribution in [2.75, 3.05) is 32.8 Å². The fraction of sp³-hybridized carbons (Fsp3) is 0.273. The average Bonchev–Trinajstić information content (AvgIpc) is 2.74. The van der Waals surface area contributed by atoms with Crippen LogP contribution in [0, 0.1) is 0 Å². The Hall–Kier alpha value is -3.68. The van der Waals surface area contributed by atoms with Gasteiger partial charge in [0.15, 0.2) is 11.6 Å². The third kappa shape index (κ3) is 4.32. The van der Waals surface area contributed by atoms with E-state index in [0.717, 1.165) is 16.7 Å². The third-order valence-electron chi connectivity index (χ3n) is 4.64. The Balaban J connectivity index is 2.18. The number of aromatic nitrogens is 2. The highest BCUT2D eigenvalue weighted by Gasteiger charge is 2.18. The van der Waals surface area contributed by atoms with Gasteiger partial charge in [0.05, 0.1) is 27.5 Å². The molecule has 8 nitrogen and oxygen atoms in total. The summed E-state index contributed by atoms with van der Waals surface area (Å²) in [5.74, 6) is 3.38. The summed E-state index contributed by atoms with van der Waals surface area (Å²) in [6, 6.07) is 9.47. The van der Waals surface area contributed by atoms with Gasteiger partial charge in [-0.3, -0.25) is 0 Å². The van der Waals surface area contributed by atoms with Gasteiger partial charge in [-0.15, -0.1) is 0 Å². The van der Waals surface area contributed by atoms with Crippen LogP contribution in [-0.4, -0.2) is 31.3 Å². The number of nitrogens with two attached hydrogens (primary N) is 2. The zero-order valence-corrected chi connectivity index (χ0v) is 17.7. The third-order valence-corrected chi connectivity index (χ3v) is 4.64. The normalized spacial score (nSPS) is 10.7. The smallest absolute Gasteiger partial charge is 0.222 e. The predicted molar refractivity (Wildman–Crippen MR) is 117 cm³/mol. The van der Waals surface area contributed by atoms with E-state index < -0.39 is 0 Å². The van der Waals surface area contributed by atoms with E-state index in [1.54, 1.807) is 21.3 Å². The molecule has 0 atom stereocenters. The summed E-state index contributed by atoms with van der Waals surface area (Å²) < 4.78 is 22.6. The van der Waals surface area contributed by atoms with Gasteiger partial charge in [-0.2, -0.15) is 4.98 Å². The van der Waals surface area contributed by atoms with Gasteiger partial charge in [0.1, 0.15) is 23.0 Å². The van der Waals surface area contributed by atoms with E-state index in [1.807, 2.05) is 30.3 Å². The molecule has 0 saturated heterocycles. The minimum atomic E-state index is 0.0860. The van der Waals surface area contributed by atoms with Gasteiger partial charge >= 0.3 is 0 Å². The molecule has 0 saturated carbocycles. The van der Waals surface area contributed by atoms with Crippen LogP contribution in [0.5, 0.6) is 28.7 Å².